The predicted octanol–water partition coefficient (Wildman–Crippen LogP) is 10.7. The molecule has 42 heavy (non-hydrogen) atoms. The fourth-order valence-electron chi connectivity index (χ4n) is 7.69. The highest BCUT2D eigenvalue weighted by atomic mass is 14.4. The van der Waals surface area contributed by atoms with Crippen LogP contribution in [-0.4, -0.2) is 0 Å². The first-order valence-corrected chi connectivity index (χ1v) is 14.2. The third-order valence-corrected chi connectivity index (χ3v) is 9.24. The zero-order valence-corrected chi connectivity index (χ0v) is 23.4. The molecule has 202 valence electrons. The van der Waals surface area contributed by atoms with Crippen LogP contribution in [0.4, 0.5) is 0 Å². The van der Waals surface area contributed by atoms with Gasteiger partial charge in [-0.2, -0.15) is 0 Å². The summed E-state index contributed by atoms with van der Waals surface area (Å²) in [6, 6.07) is 53.3. The third-order valence-electron chi connectivity index (χ3n) is 9.24. The van der Waals surface area contributed by atoms with Gasteiger partial charge in [-0.1, -0.05) is 146 Å². The Morgan fingerprint density at radius 2 is 0.500 bits per heavy atom. The van der Waals surface area contributed by atoms with Crippen LogP contribution in [0.1, 0.15) is 45.2 Å². The summed E-state index contributed by atoms with van der Waals surface area (Å²) in [7, 11) is 0. The molecule has 0 heterocycles. The molecule has 0 aliphatic heterocycles. The van der Waals surface area contributed by atoms with Crippen molar-refractivity contribution < 1.29 is 0 Å². The van der Waals surface area contributed by atoms with Crippen molar-refractivity contribution in [3.8, 4) is 0 Å². The van der Waals surface area contributed by atoms with Crippen LogP contribution in [0.3, 0.4) is 0 Å². The molecule has 0 saturated carbocycles. The Morgan fingerprint density at radius 1 is 0.262 bits per heavy atom. The van der Waals surface area contributed by atoms with Crippen LogP contribution in [0.2, 0.25) is 0 Å². The Bertz CT molecular complexity index is 1890. The normalized spacial score (nSPS) is 15.7. The van der Waals surface area contributed by atoms with Gasteiger partial charge < -0.3 is 12.3 Å². The molecule has 0 fully saturated rings. The minimum atomic E-state index is 0. The maximum Gasteiger partial charge on any atom is 0.0349 e. The molecular weight excluding hydrogens is 508 g/mol. The molecule has 0 radical (unpaired) electrons. The van der Waals surface area contributed by atoms with Crippen molar-refractivity contribution in [2.24, 2.45) is 0 Å². The Hall–Kier alpha value is -5.02. The van der Waals surface area contributed by atoms with Crippen molar-refractivity contribution >= 4 is 43.1 Å². The Kier molecular flexibility index (Phi) is 6.06. The summed E-state index contributed by atoms with van der Waals surface area (Å²) in [5, 5.41) is 10.9. The number of benzene rings is 8. The van der Waals surface area contributed by atoms with Gasteiger partial charge in [-0.05, 0) is 76.5 Å². The van der Waals surface area contributed by atoms with Gasteiger partial charge >= 0.3 is 0 Å². The fourth-order valence-corrected chi connectivity index (χ4v) is 7.69. The van der Waals surface area contributed by atoms with E-state index >= 15 is 0 Å². The number of hydrogen-bond acceptors (Lipinski definition) is 2. The van der Waals surface area contributed by atoms with Crippen LogP contribution in [0.15, 0.2) is 146 Å². The topological polar surface area (TPSA) is 70.0 Å². The molecule has 6 N–H and O–H groups in total. The van der Waals surface area contributed by atoms with Gasteiger partial charge in [0.25, 0.3) is 0 Å². The van der Waals surface area contributed by atoms with E-state index in [1.807, 2.05) is 0 Å². The molecule has 0 aromatic heterocycles. The van der Waals surface area contributed by atoms with Gasteiger partial charge in [-0.3, -0.25) is 0 Å². The summed E-state index contributed by atoms with van der Waals surface area (Å²) in [5.74, 6) is 0.840. The van der Waals surface area contributed by atoms with E-state index in [1.54, 1.807) is 0 Å². The predicted molar refractivity (Wildman–Crippen MR) is 179 cm³/mol. The van der Waals surface area contributed by atoms with E-state index in [1.165, 1.54) is 76.5 Å². The lowest BCUT2D eigenvalue weighted by molar-refractivity contribution is 0.754. The molecule has 8 aromatic carbocycles. The van der Waals surface area contributed by atoms with E-state index in [9.17, 15) is 0 Å². The second-order valence-electron chi connectivity index (χ2n) is 11.2. The molecule has 11 rings (SSSR count). The Labute approximate surface area is 245 Å². The molecule has 2 heteroatoms. The monoisotopic (exact) mass is 540 g/mol. The van der Waals surface area contributed by atoms with Crippen LogP contribution in [0, 0.1) is 0 Å². The summed E-state index contributed by atoms with van der Waals surface area (Å²) < 4.78 is 0. The summed E-state index contributed by atoms with van der Waals surface area (Å²) >= 11 is 0. The molecular formula is C40H32N2. The first-order chi connectivity index (χ1) is 19.9. The van der Waals surface area contributed by atoms with Crippen LogP contribution in [0.5, 0.6) is 0 Å². The summed E-state index contributed by atoms with van der Waals surface area (Å²) in [5.41, 5.74) is 8.97. The van der Waals surface area contributed by atoms with Gasteiger partial charge in [0, 0.05) is 11.8 Å². The molecule has 0 unspecified atom stereocenters. The Balaban J connectivity index is 0.000000131. The zero-order chi connectivity index (χ0) is 26.2. The van der Waals surface area contributed by atoms with E-state index in [0.29, 0.717) is 11.8 Å². The van der Waals surface area contributed by atoms with Gasteiger partial charge in [0.15, 0.2) is 0 Å². The summed E-state index contributed by atoms with van der Waals surface area (Å²) in [6.07, 6.45) is 0. The number of rotatable bonds is 0. The highest BCUT2D eigenvalue weighted by Crippen LogP contribution is 2.55. The molecule has 2 bridgehead atoms. The van der Waals surface area contributed by atoms with Crippen molar-refractivity contribution in [3.63, 3.8) is 0 Å². The Morgan fingerprint density at radius 3 is 0.738 bits per heavy atom. The molecule has 3 aliphatic carbocycles. The molecule has 8 aromatic rings. The third kappa shape index (κ3) is 3.46. The van der Waals surface area contributed by atoms with E-state index in [-0.39, 0.29) is 12.3 Å². The largest absolute Gasteiger partial charge is 0.344 e. The minimum Gasteiger partial charge on any atom is -0.344 e. The van der Waals surface area contributed by atoms with Gasteiger partial charge in [-0.15, -0.1) is 0 Å². The fraction of sp³-hybridized carbons (Fsp3) is 0.0500. The molecule has 2 nitrogen and oxygen atoms in total. The molecule has 0 amide bonds. The van der Waals surface area contributed by atoms with Crippen LogP contribution < -0.4 is 12.3 Å². The van der Waals surface area contributed by atoms with Gasteiger partial charge in [-0.25, -0.2) is 0 Å². The van der Waals surface area contributed by atoms with Crippen LogP contribution in [0.25, 0.3) is 43.1 Å². The lowest BCUT2D eigenvalue weighted by Crippen LogP contribution is -2.27. The standard InChI is InChI=1S/C20H12.C20H14.2H3N/c1-5-13-6-2-11-17-18-12-4-8-14-7-3-10-16(20(14)18)15(9-1)19(13)17;1-2-8-14-13(7-1)19-15-9-3-5-11-17(15)20(14)18-12-6-4-10-16(18)19;;/h1-12H;1-12,19-20H;2*1H3. The average Bonchev–Trinajstić information content (AvgIpc) is 3.03. The van der Waals surface area contributed by atoms with Crippen molar-refractivity contribution in [2.75, 3.05) is 0 Å². The van der Waals surface area contributed by atoms with Crippen molar-refractivity contribution in [1.29, 1.82) is 0 Å². The van der Waals surface area contributed by atoms with Gasteiger partial charge in [0.1, 0.15) is 0 Å². The smallest absolute Gasteiger partial charge is 0.0349 e. The molecule has 3 aliphatic rings. The van der Waals surface area contributed by atoms with E-state index in [0.717, 1.165) is 0 Å². The maximum absolute atomic E-state index is 2.30. The van der Waals surface area contributed by atoms with E-state index < -0.39 is 0 Å². The van der Waals surface area contributed by atoms with E-state index in [4.69, 9.17) is 0 Å². The number of hydrogen-bond donors (Lipinski definition) is 2. The van der Waals surface area contributed by atoms with E-state index in [2.05, 4.69) is 146 Å². The molecule has 0 spiro atoms. The van der Waals surface area contributed by atoms with Crippen molar-refractivity contribution in [3.05, 3.63) is 179 Å². The minimum absolute atomic E-state index is 0. The maximum atomic E-state index is 2.30. The summed E-state index contributed by atoms with van der Waals surface area (Å²) in [6.45, 7) is 0. The van der Waals surface area contributed by atoms with Crippen LogP contribution in [-0.2, 0) is 0 Å². The molecule has 0 saturated heterocycles. The van der Waals surface area contributed by atoms with Gasteiger partial charge in [0.2, 0.25) is 0 Å². The zero-order valence-electron chi connectivity index (χ0n) is 23.4. The molecule has 0 atom stereocenters. The lowest BCUT2D eigenvalue weighted by atomic mass is 9.61. The van der Waals surface area contributed by atoms with Crippen molar-refractivity contribution in [1.82, 2.24) is 12.3 Å². The van der Waals surface area contributed by atoms with Crippen LogP contribution >= 0.6 is 0 Å². The quantitative estimate of drug-likeness (QED) is 0.148. The first-order valence-electron chi connectivity index (χ1n) is 14.2. The lowest BCUT2D eigenvalue weighted by Gasteiger charge is -2.42. The highest BCUT2D eigenvalue weighted by Gasteiger charge is 2.40. The van der Waals surface area contributed by atoms with Gasteiger partial charge in [0.05, 0.1) is 0 Å². The highest BCUT2D eigenvalue weighted by molar-refractivity contribution is 6.32. The average molecular weight is 541 g/mol. The summed E-state index contributed by atoms with van der Waals surface area (Å²) in [4.78, 5) is 0. The number of fused-ring (bicyclic) bond motifs is 2. The first kappa shape index (κ1) is 25.9. The second kappa shape index (κ2) is 9.81. The second-order valence-corrected chi connectivity index (χ2v) is 11.2. The SMILES string of the molecule is N.N.c1cc2cccc3c4cccc5cccc(c(c1)c23)c54.c1ccc2c(c1)C1c3ccccc3C2c2ccccc21. The van der Waals surface area contributed by atoms with Crippen molar-refractivity contribution in [2.45, 2.75) is 11.8 Å².